The van der Waals surface area contributed by atoms with Crippen molar-refractivity contribution >= 4 is 11.7 Å². The number of carbonyl (C=O) groups is 2. The number of rotatable bonds is 6. The molecule has 0 aromatic carbocycles. The molecule has 4 nitrogen and oxygen atoms in total. The van der Waals surface area contributed by atoms with Gasteiger partial charge in [0.05, 0.1) is 6.42 Å². The van der Waals surface area contributed by atoms with E-state index in [0.29, 0.717) is 12.6 Å². The second kappa shape index (κ2) is 6.54. The van der Waals surface area contributed by atoms with Crippen molar-refractivity contribution in [1.29, 1.82) is 0 Å². The summed E-state index contributed by atoms with van der Waals surface area (Å²) in [6.07, 6.45) is -0.00854. The standard InChI is InChI=1S/C10H20N2O2/c1-8(2)12(4)6-5-11-10(14)7-9(3)13/h8H,5-7H2,1-4H3,(H,11,14). The molecular weight excluding hydrogens is 180 g/mol. The van der Waals surface area contributed by atoms with Crippen molar-refractivity contribution in [3.8, 4) is 0 Å². The summed E-state index contributed by atoms with van der Waals surface area (Å²) in [5.74, 6) is -0.283. The minimum Gasteiger partial charge on any atom is -0.354 e. The van der Waals surface area contributed by atoms with Gasteiger partial charge in [0, 0.05) is 19.1 Å². The number of amides is 1. The Bertz CT molecular complexity index is 202. The number of Topliss-reactive ketones (excluding diaryl/α,β-unsaturated/α-hetero) is 1. The molecule has 0 radical (unpaired) electrons. The van der Waals surface area contributed by atoms with Crippen molar-refractivity contribution in [1.82, 2.24) is 10.2 Å². The SMILES string of the molecule is CC(=O)CC(=O)NCCN(C)C(C)C. The normalized spacial score (nSPS) is 10.7. The largest absolute Gasteiger partial charge is 0.354 e. The summed E-state index contributed by atoms with van der Waals surface area (Å²) < 4.78 is 0. The highest BCUT2D eigenvalue weighted by molar-refractivity contribution is 5.96. The van der Waals surface area contributed by atoms with Gasteiger partial charge in [-0.2, -0.15) is 0 Å². The lowest BCUT2D eigenvalue weighted by atomic mass is 10.3. The van der Waals surface area contributed by atoms with E-state index in [1.54, 1.807) is 0 Å². The second-order valence-electron chi connectivity index (χ2n) is 3.80. The monoisotopic (exact) mass is 200 g/mol. The number of hydrogen-bond acceptors (Lipinski definition) is 3. The van der Waals surface area contributed by atoms with Crippen LogP contribution in [0.5, 0.6) is 0 Å². The fraction of sp³-hybridized carbons (Fsp3) is 0.800. The smallest absolute Gasteiger partial charge is 0.227 e. The Morgan fingerprint density at radius 1 is 1.36 bits per heavy atom. The van der Waals surface area contributed by atoms with Gasteiger partial charge in [-0.1, -0.05) is 0 Å². The van der Waals surface area contributed by atoms with Crippen LogP contribution in [0.4, 0.5) is 0 Å². The van der Waals surface area contributed by atoms with E-state index in [2.05, 4.69) is 24.1 Å². The molecule has 0 aliphatic heterocycles. The zero-order valence-electron chi connectivity index (χ0n) is 9.46. The zero-order chi connectivity index (χ0) is 11.1. The van der Waals surface area contributed by atoms with Gasteiger partial charge in [-0.3, -0.25) is 9.59 Å². The highest BCUT2D eigenvalue weighted by atomic mass is 16.2. The summed E-state index contributed by atoms with van der Waals surface area (Å²) in [5.41, 5.74) is 0. The highest BCUT2D eigenvalue weighted by Crippen LogP contribution is 1.91. The number of likely N-dealkylation sites (N-methyl/N-ethyl adjacent to an activating group) is 1. The Labute approximate surface area is 85.7 Å². The Morgan fingerprint density at radius 3 is 2.36 bits per heavy atom. The topological polar surface area (TPSA) is 49.4 Å². The molecule has 0 aliphatic carbocycles. The van der Waals surface area contributed by atoms with E-state index in [9.17, 15) is 9.59 Å². The summed E-state index contributed by atoms with van der Waals surface area (Å²) in [7, 11) is 2.00. The lowest BCUT2D eigenvalue weighted by Crippen LogP contribution is -2.36. The van der Waals surface area contributed by atoms with Crippen LogP contribution in [0.3, 0.4) is 0 Å². The molecular formula is C10H20N2O2. The third kappa shape index (κ3) is 6.60. The molecule has 0 saturated heterocycles. The number of nitrogens with zero attached hydrogens (tertiary/aromatic N) is 1. The minimum absolute atomic E-state index is 0.00854. The molecule has 0 atom stereocenters. The summed E-state index contributed by atoms with van der Waals surface area (Å²) in [6.45, 7) is 7.01. The molecule has 0 aromatic rings. The summed E-state index contributed by atoms with van der Waals surface area (Å²) >= 11 is 0. The Morgan fingerprint density at radius 2 is 1.93 bits per heavy atom. The summed E-state index contributed by atoms with van der Waals surface area (Å²) in [5, 5.41) is 2.70. The molecule has 0 unspecified atom stereocenters. The highest BCUT2D eigenvalue weighted by Gasteiger charge is 2.06. The molecule has 82 valence electrons. The predicted molar refractivity (Wildman–Crippen MR) is 56.1 cm³/mol. The van der Waals surface area contributed by atoms with Crippen LogP contribution in [-0.4, -0.2) is 42.8 Å². The molecule has 0 fully saturated rings. The Balaban J connectivity index is 3.54. The van der Waals surface area contributed by atoms with Gasteiger partial charge in [0.1, 0.15) is 5.78 Å². The van der Waals surface area contributed by atoms with E-state index in [0.717, 1.165) is 6.54 Å². The van der Waals surface area contributed by atoms with Crippen molar-refractivity contribution in [3.05, 3.63) is 0 Å². The Kier molecular flexibility index (Phi) is 6.12. The summed E-state index contributed by atoms with van der Waals surface area (Å²) in [4.78, 5) is 23.8. The van der Waals surface area contributed by atoms with E-state index in [4.69, 9.17) is 0 Å². The van der Waals surface area contributed by atoms with Crippen molar-refractivity contribution in [2.45, 2.75) is 33.2 Å². The molecule has 0 rings (SSSR count). The fourth-order valence-corrected chi connectivity index (χ4v) is 0.918. The molecule has 0 spiro atoms. The average Bonchev–Trinajstić information content (AvgIpc) is 2.02. The first-order valence-electron chi connectivity index (χ1n) is 4.90. The average molecular weight is 200 g/mol. The van der Waals surface area contributed by atoms with Crippen LogP contribution >= 0.6 is 0 Å². The first-order valence-corrected chi connectivity index (χ1v) is 4.90. The first kappa shape index (κ1) is 13.1. The maximum absolute atomic E-state index is 11.1. The van der Waals surface area contributed by atoms with Crippen LogP contribution in [0.25, 0.3) is 0 Å². The van der Waals surface area contributed by atoms with Gasteiger partial charge >= 0.3 is 0 Å². The molecule has 1 N–H and O–H groups in total. The van der Waals surface area contributed by atoms with Crippen molar-refractivity contribution in [2.75, 3.05) is 20.1 Å². The van der Waals surface area contributed by atoms with Crippen LogP contribution in [0.1, 0.15) is 27.2 Å². The first-order chi connectivity index (χ1) is 6.43. The van der Waals surface area contributed by atoms with E-state index in [1.165, 1.54) is 6.92 Å². The minimum atomic E-state index is -0.186. The Hall–Kier alpha value is -0.900. The number of nitrogens with one attached hydrogen (secondary N) is 1. The van der Waals surface area contributed by atoms with E-state index in [-0.39, 0.29) is 18.1 Å². The number of ketones is 1. The third-order valence-corrected chi connectivity index (χ3v) is 2.08. The van der Waals surface area contributed by atoms with E-state index >= 15 is 0 Å². The van der Waals surface area contributed by atoms with Crippen LogP contribution in [0.15, 0.2) is 0 Å². The van der Waals surface area contributed by atoms with Crippen molar-refractivity contribution in [2.24, 2.45) is 0 Å². The van der Waals surface area contributed by atoms with Gasteiger partial charge in [-0.25, -0.2) is 0 Å². The molecule has 0 saturated carbocycles. The van der Waals surface area contributed by atoms with Gasteiger partial charge in [-0.05, 0) is 27.8 Å². The van der Waals surface area contributed by atoms with Gasteiger partial charge in [-0.15, -0.1) is 0 Å². The van der Waals surface area contributed by atoms with Crippen LogP contribution in [-0.2, 0) is 9.59 Å². The van der Waals surface area contributed by atoms with Crippen molar-refractivity contribution < 1.29 is 9.59 Å². The molecule has 0 bridgehead atoms. The molecule has 0 aromatic heterocycles. The molecule has 4 heteroatoms. The summed E-state index contributed by atoms with van der Waals surface area (Å²) in [6, 6.07) is 0.472. The lowest BCUT2D eigenvalue weighted by Gasteiger charge is -2.20. The van der Waals surface area contributed by atoms with Gasteiger partial charge in [0.25, 0.3) is 0 Å². The molecule has 1 amide bonds. The maximum atomic E-state index is 11.1. The lowest BCUT2D eigenvalue weighted by molar-refractivity contribution is -0.127. The second-order valence-corrected chi connectivity index (χ2v) is 3.80. The van der Waals surface area contributed by atoms with Crippen LogP contribution < -0.4 is 5.32 Å². The quantitative estimate of drug-likeness (QED) is 0.632. The van der Waals surface area contributed by atoms with Crippen LogP contribution in [0.2, 0.25) is 0 Å². The molecule has 14 heavy (non-hydrogen) atoms. The fourth-order valence-electron chi connectivity index (χ4n) is 0.918. The number of hydrogen-bond donors (Lipinski definition) is 1. The predicted octanol–water partition coefficient (Wildman–Crippen LogP) is 0.422. The zero-order valence-corrected chi connectivity index (χ0v) is 9.46. The third-order valence-electron chi connectivity index (χ3n) is 2.08. The van der Waals surface area contributed by atoms with Gasteiger partial charge in [0.2, 0.25) is 5.91 Å². The van der Waals surface area contributed by atoms with E-state index in [1.807, 2.05) is 7.05 Å². The van der Waals surface area contributed by atoms with Gasteiger partial charge < -0.3 is 10.2 Å². The molecule has 0 aliphatic rings. The molecule has 0 heterocycles. The van der Waals surface area contributed by atoms with Gasteiger partial charge in [0.15, 0.2) is 0 Å². The maximum Gasteiger partial charge on any atom is 0.227 e. The van der Waals surface area contributed by atoms with E-state index < -0.39 is 0 Å². The van der Waals surface area contributed by atoms with Crippen LogP contribution in [0, 0.1) is 0 Å². The number of carbonyl (C=O) groups excluding carboxylic acids is 2. The van der Waals surface area contributed by atoms with Crippen molar-refractivity contribution in [3.63, 3.8) is 0 Å².